The van der Waals surface area contributed by atoms with Crippen molar-refractivity contribution in [1.29, 1.82) is 0 Å². The van der Waals surface area contributed by atoms with Gasteiger partial charge in [0, 0.05) is 0 Å². The minimum absolute atomic E-state index is 0.0393. The molecular weight excluding hydrogens is 390 g/mol. The Morgan fingerprint density at radius 3 is 1.76 bits per heavy atom. The van der Waals surface area contributed by atoms with Gasteiger partial charge >= 0.3 is 11.9 Å². The summed E-state index contributed by atoms with van der Waals surface area (Å²) < 4.78 is 0. The smallest absolute Gasteiger partial charge is 0.326 e. The van der Waals surface area contributed by atoms with Gasteiger partial charge in [0.05, 0.1) is 19.4 Å². The zero-order valence-corrected chi connectivity index (χ0v) is 16.1. The molecular formula is C16H27N5O8. The third kappa shape index (κ3) is 10.6. The zero-order chi connectivity index (χ0) is 22.7. The molecule has 0 saturated carbocycles. The molecule has 0 heterocycles. The molecule has 3 unspecified atom stereocenters. The Bertz CT molecular complexity index is 651. The van der Waals surface area contributed by atoms with Crippen molar-refractivity contribution in [3.8, 4) is 0 Å². The first-order valence-corrected chi connectivity index (χ1v) is 8.70. The first-order valence-electron chi connectivity index (χ1n) is 8.70. The zero-order valence-electron chi connectivity index (χ0n) is 16.1. The number of nitrogens with two attached hydrogens (primary N) is 2. The van der Waals surface area contributed by atoms with Crippen molar-refractivity contribution in [2.24, 2.45) is 17.4 Å². The summed E-state index contributed by atoms with van der Waals surface area (Å²) in [4.78, 5) is 69.5. The van der Waals surface area contributed by atoms with Crippen LogP contribution in [0.15, 0.2) is 0 Å². The van der Waals surface area contributed by atoms with Gasteiger partial charge in [0.15, 0.2) is 0 Å². The van der Waals surface area contributed by atoms with Gasteiger partial charge in [0.25, 0.3) is 0 Å². The van der Waals surface area contributed by atoms with E-state index in [0.717, 1.165) is 0 Å². The van der Waals surface area contributed by atoms with Crippen LogP contribution in [-0.4, -0.2) is 70.5 Å². The highest BCUT2D eigenvalue weighted by Gasteiger charge is 2.31. The average Bonchev–Trinajstić information content (AvgIpc) is 2.58. The van der Waals surface area contributed by atoms with Gasteiger partial charge in [-0.1, -0.05) is 13.8 Å². The van der Waals surface area contributed by atoms with Crippen molar-refractivity contribution in [2.75, 3.05) is 6.54 Å². The molecule has 164 valence electrons. The summed E-state index contributed by atoms with van der Waals surface area (Å²) in [7, 11) is 0. The van der Waals surface area contributed by atoms with E-state index in [9.17, 15) is 28.8 Å². The van der Waals surface area contributed by atoms with Crippen LogP contribution in [0.3, 0.4) is 0 Å². The van der Waals surface area contributed by atoms with Gasteiger partial charge in [-0.2, -0.15) is 0 Å². The van der Waals surface area contributed by atoms with E-state index < -0.39 is 66.5 Å². The highest BCUT2D eigenvalue weighted by molar-refractivity contribution is 5.96. The van der Waals surface area contributed by atoms with E-state index in [-0.39, 0.29) is 18.9 Å². The van der Waals surface area contributed by atoms with Crippen molar-refractivity contribution in [2.45, 2.75) is 51.2 Å². The molecule has 9 N–H and O–H groups in total. The van der Waals surface area contributed by atoms with Crippen LogP contribution in [0.25, 0.3) is 0 Å². The van der Waals surface area contributed by atoms with Crippen LogP contribution in [0.1, 0.15) is 33.1 Å². The Hall–Kier alpha value is -3.22. The molecule has 0 aliphatic carbocycles. The lowest BCUT2D eigenvalue weighted by Crippen LogP contribution is -2.57. The largest absolute Gasteiger partial charge is 0.481 e. The molecule has 0 saturated heterocycles. The van der Waals surface area contributed by atoms with Gasteiger partial charge in [0.2, 0.25) is 23.6 Å². The topological polar surface area (TPSA) is 231 Å². The van der Waals surface area contributed by atoms with Crippen LogP contribution < -0.4 is 27.4 Å². The normalized spacial score (nSPS) is 13.7. The van der Waals surface area contributed by atoms with Crippen molar-refractivity contribution >= 4 is 35.6 Å². The van der Waals surface area contributed by atoms with Crippen molar-refractivity contribution < 1.29 is 39.0 Å². The summed E-state index contributed by atoms with van der Waals surface area (Å²) in [6.45, 7) is 3.17. The summed E-state index contributed by atoms with van der Waals surface area (Å²) >= 11 is 0. The summed E-state index contributed by atoms with van der Waals surface area (Å²) in [6.07, 6.45) is -1.41. The summed E-state index contributed by atoms with van der Waals surface area (Å²) in [5, 5.41) is 24.6. The lowest BCUT2D eigenvalue weighted by atomic mass is 10.0. The lowest BCUT2D eigenvalue weighted by molar-refractivity contribution is -0.144. The number of aliphatic carboxylic acids is 2. The number of amides is 4. The molecule has 0 aliphatic rings. The second-order valence-corrected chi connectivity index (χ2v) is 6.68. The van der Waals surface area contributed by atoms with Crippen LogP contribution in [0.5, 0.6) is 0 Å². The highest BCUT2D eigenvalue weighted by Crippen LogP contribution is 2.06. The molecule has 13 heteroatoms. The summed E-state index contributed by atoms with van der Waals surface area (Å²) in [5.74, 6) is -6.66. The molecule has 0 aromatic carbocycles. The van der Waals surface area contributed by atoms with Gasteiger partial charge in [-0.05, 0) is 12.3 Å². The number of nitrogens with one attached hydrogen (secondary N) is 3. The number of rotatable bonds is 13. The van der Waals surface area contributed by atoms with E-state index >= 15 is 0 Å². The Morgan fingerprint density at radius 2 is 1.34 bits per heavy atom. The molecule has 0 aromatic heterocycles. The van der Waals surface area contributed by atoms with E-state index in [0.29, 0.717) is 0 Å². The number of carbonyl (C=O) groups excluding carboxylic acids is 4. The highest BCUT2D eigenvalue weighted by atomic mass is 16.4. The Labute approximate surface area is 166 Å². The second-order valence-electron chi connectivity index (χ2n) is 6.68. The number of carbonyl (C=O) groups is 6. The Morgan fingerprint density at radius 1 is 0.828 bits per heavy atom. The Kier molecular flexibility index (Phi) is 10.9. The Balaban J connectivity index is 5.41. The fraction of sp³-hybridized carbons (Fsp3) is 0.625. The molecule has 3 atom stereocenters. The maximum absolute atomic E-state index is 12.5. The third-order valence-corrected chi connectivity index (χ3v) is 3.58. The van der Waals surface area contributed by atoms with Crippen molar-refractivity contribution in [3.05, 3.63) is 0 Å². The molecule has 0 aliphatic heterocycles. The fourth-order valence-corrected chi connectivity index (χ4v) is 2.29. The predicted octanol–water partition coefficient (Wildman–Crippen LogP) is -3.12. The minimum atomic E-state index is -1.70. The van der Waals surface area contributed by atoms with E-state index in [2.05, 4.69) is 10.6 Å². The van der Waals surface area contributed by atoms with Crippen LogP contribution in [0, 0.1) is 5.92 Å². The van der Waals surface area contributed by atoms with E-state index in [1.807, 2.05) is 5.32 Å². The summed E-state index contributed by atoms with van der Waals surface area (Å²) in [6, 6.07) is -4.44. The maximum atomic E-state index is 12.5. The van der Waals surface area contributed by atoms with Crippen LogP contribution in [0.4, 0.5) is 0 Å². The lowest BCUT2D eigenvalue weighted by Gasteiger charge is -2.24. The standard InChI is InChI=1S/C16H27N5O8/c1-7(2)3-8(19-12(23)6-17)14(26)20-9(5-13(24)25)15(27)21-10(16(28)29)4-11(18)22/h7-10H,3-6,17H2,1-2H3,(H2,18,22)(H,19,23)(H,20,26)(H,21,27)(H,24,25)(H,28,29). The molecule has 0 radical (unpaired) electrons. The van der Waals surface area contributed by atoms with Crippen molar-refractivity contribution in [1.82, 2.24) is 16.0 Å². The van der Waals surface area contributed by atoms with Gasteiger partial charge in [-0.3, -0.25) is 24.0 Å². The molecule has 29 heavy (non-hydrogen) atoms. The van der Waals surface area contributed by atoms with E-state index in [1.165, 1.54) is 0 Å². The predicted molar refractivity (Wildman–Crippen MR) is 98.0 cm³/mol. The number of hydrogen-bond donors (Lipinski definition) is 7. The number of hydrogen-bond acceptors (Lipinski definition) is 7. The minimum Gasteiger partial charge on any atom is -0.481 e. The monoisotopic (exact) mass is 417 g/mol. The third-order valence-electron chi connectivity index (χ3n) is 3.58. The molecule has 0 fully saturated rings. The second kappa shape index (κ2) is 12.3. The van der Waals surface area contributed by atoms with Crippen LogP contribution >= 0.6 is 0 Å². The van der Waals surface area contributed by atoms with Crippen LogP contribution in [-0.2, 0) is 28.8 Å². The quantitative estimate of drug-likeness (QED) is 0.160. The van der Waals surface area contributed by atoms with Crippen molar-refractivity contribution in [3.63, 3.8) is 0 Å². The SMILES string of the molecule is CC(C)CC(NC(=O)CN)C(=O)NC(CC(=O)O)C(=O)NC(CC(N)=O)C(=O)O. The number of carboxylic acids is 2. The molecule has 0 rings (SSSR count). The average molecular weight is 417 g/mol. The van der Waals surface area contributed by atoms with Gasteiger partial charge in [-0.25, -0.2) is 4.79 Å². The van der Waals surface area contributed by atoms with Crippen LogP contribution in [0.2, 0.25) is 0 Å². The van der Waals surface area contributed by atoms with E-state index in [4.69, 9.17) is 21.7 Å². The molecule has 0 spiro atoms. The maximum Gasteiger partial charge on any atom is 0.326 e. The first kappa shape index (κ1) is 25.8. The fourth-order valence-electron chi connectivity index (χ4n) is 2.29. The van der Waals surface area contributed by atoms with E-state index in [1.54, 1.807) is 13.8 Å². The summed E-state index contributed by atoms with van der Waals surface area (Å²) in [5.41, 5.74) is 10.1. The van der Waals surface area contributed by atoms with Gasteiger partial charge in [-0.15, -0.1) is 0 Å². The molecule has 4 amide bonds. The molecule has 0 bridgehead atoms. The number of carboxylic acid groups (broad SMARTS) is 2. The van der Waals surface area contributed by atoms with Gasteiger partial charge in [0.1, 0.15) is 18.1 Å². The first-order chi connectivity index (χ1) is 13.4. The van der Waals surface area contributed by atoms with Gasteiger partial charge < -0.3 is 37.6 Å². The number of primary amides is 1. The molecule has 13 nitrogen and oxygen atoms in total. The molecule has 0 aromatic rings.